The van der Waals surface area contributed by atoms with Crippen molar-refractivity contribution in [2.75, 3.05) is 0 Å². The first-order valence-electron chi connectivity index (χ1n) is 9.08. The predicted molar refractivity (Wildman–Crippen MR) is 111 cm³/mol. The van der Waals surface area contributed by atoms with Crippen molar-refractivity contribution in [3.8, 4) is 28.3 Å². The van der Waals surface area contributed by atoms with Gasteiger partial charge >= 0.3 is 0 Å². The lowest BCUT2D eigenvalue weighted by Gasteiger charge is -2.17. The van der Waals surface area contributed by atoms with Gasteiger partial charge < -0.3 is 0 Å². The fraction of sp³-hybridized carbons (Fsp3) is 0.190. The van der Waals surface area contributed by atoms with Gasteiger partial charge in [0.05, 0.1) is 34.3 Å². The molecule has 3 aromatic heterocycles. The maximum Gasteiger partial charge on any atom is 0.129 e. The summed E-state index contributed by atoms with van der Waals surface area (Å²) in [7, 11) is 0. The Balaban J connectivity index is 1.80. The number of halogens is 2. The quantitative estimate of drug-likeness (QED) is 0.351. The van der Waals surface area contributed by atoms with Crippen LogP contribution in [0.1, 0.15) is 16.8 Å². The highest BCUT2D eigenvalue weighted by Crippen LogP contribution is 2.38. The van der Waals surface area contributed by atoms with E-state index in [4.69, 9.17) is 28.3 Å². The highest BCUT2D eigenvalue weighted by molar-refractivity contribution is 6.29. The molecule has 0 aliphatic carbocycles. The normalized spacial score (nSPS) is 12.7. The SMILES string of the molecule is Cc1ccccc1-n1nc(-c2ccc(Cl)nc2)c2c1-c1cc(CCl)nn1CC2. The van der Waals surface area contributed by atoms with E-state index < -0.39 is 0 Å². The Bertz CT molecular complexity index is 1170. The van der Waals surface area contributed by atoms with Crippen LogP contribution in [0.15, 0.2) is 48.7 Å². The second-order valence-corrected chi connectivity index (χ2v) is 7.53. The number of hydrogen-bond acceptors (Lipinski definition) is 3. The van der Waals surface area contributed by atoms with Crippen LogP contribution in [-0.2, 0) is 18.8 Å². The van der Waals surface area contributed by atoms with Crippen molar-refractivity contribution in [1.29, 1.82) is 0 Å². The Hall–Kier alpha value is -2.63. The van der Waals surface area contributed by atoms with Gasteiger partial charge in [-0.3, -0.25) is 4.68 Å². The van der Waals surface area contributed by atoms with Crippen molar-refractivity contribution < 1.29 is 0 Å². The minimum absolute atomic E-state index is 0.391. The highest BCUT2D eigenvalue weighted by Gasteiger charge is 2.28. The first kappa shape index (κ1) is 17.5. The van der Waals surface area contributed by atoms with Gasteiger partial charge in [-0.25, -0.2) is 9.67 Å². The molecule has 1 aromatic carbocycles. The number of benzene rings is 1. The minimum atomic E-state index is 0.391. The van der Waals surface area contributed by atoms with Crippen LogP contribution in [0.5, 0.6) is 0 Å². The molecule has 5 nitrogen and oxygen atoms in total. The molecule has 5 rings (SSSR count). The van der Waals surface area contributed by atoms with E-state index in [0.717, 1.165) is 52.6 Å². The van der Waals surface area contributed by atoms with Gasteiger partial charge in [0.1, 0.15) is 5.15 Å². The summed E-state index contributed by atoms with van der Waals surface area (Å²) in [6, 6.07) is 14.1. The molecule has 0 radical (unpaired) electrons. The van der Waals surface area contributed by atoms with Crippen molar-refractivity contribution in [2.24, 2.45) is 0 Å². The number of fused-ring (bicyclic) bond motifs is 3. The Morgan fingerprint density at radius 3 is 2.71 bits per heavy atom. The van der Waals surface area contributed by atoms with Crippen LogP contribution < -0.4 is 0 Å². The van der Waals surface area contributed by atoms with E-state index in [0.29, 0.717) is 11.0 Å². The summed E-state index contributed by atoms with van der Waals surface area (Å²) in [5.41, 5.74) is 8.27. The zero-order valence-electron chi connectivity index (χ0n) is 15.2. The van der Waals surface area contributed by atoms with E-state index in [-0.39, 0.29) is 0 Å². The third-order valence-electron chi connectivity index (χ3n) is 5.11. The van der Waals surface area contributed by atoms with E-state index >= 15 is 0 Å². The largest absolute Gasteiger partial charge is 0.263 e. The lowest BCUT2D eigenvalue weighted by atomic mass is 10.00. The van der Waals surface area contributed by atoms with Crippen LogP contribution in [0, 0.1) is 6.92 Å². The number of nitrogens with zero attached hydrogens (tertiary/aromatic N) is 5. The van der Waals surface area contributed by atoms with E-state index in [1.54, 1.807) is 12.3 Å². The third-order valence-corrected chi connectivity index (χ3v) is 5.61. The van der Waals surface area contributed by atoms with Crippen LogP contribution in [0.3, 0.4) is 0 Å². The first-order valence-corrected chi connectivity index (χ1v) is 10.00. The second-order valence-electron chi connectivity index (χ2n) is 6.87. The van der Waals surface area contributed by atoms with Crippen molar-refractivity contribution in [2.45, 2.75) is 25.8 Å². The average Bonchev–Trinajstić information content (AvgIpc) is 3.30. The van der Waals surface area contributed by atoms with E-state index in [1.807, 2.05) is 27.6 Å². The molecule has 0 unspecified atom stereocenters. The lowest BCUT2D eigenvalue weighted by Crippen LogP contribution is -2.14. The van der Waals surface area contributed by atoms with E-state index in [9.17, 15) is 0 Å². The molecule has 140 valence electrons. The molecule has 7 heteroatoms. The molecule has 0 saturated heterocycles. The Morgan fingerprint density at radius 1 is 1.11 bits per heavy atom. The number of pyridine rings is 1. The zero-order valence-corrected chi connectivity index (χ0v) is 16.7. The van der Waals surface area contributed by atoms with E-state index in [1.165, 1.54) is 5.56 Å². The molecule has 0 saturated carbocycles. The topological polar surface area (TPSA) is 48.5 Å². The molecule has 0 atom stereocenters. The van der Waals surface area contributed by atoms with Gasteiger partial charge in [-0.05, 0) is 43.2 Å². The van der Waals surface area contributed by atoms with Gasteiger partial charge in [0.25, 0.3) is 0 Å². The molecule has 0 bridgehead atoms. The first-order chi connectivity index (χ1) is 13.7. The van der Waals surface area contributed by atoms with Crippen molar-refractivity contribution >= 4 is 23.2 Å². The summed E-state index contributed by atoms with van der Waals surface area (Å²) in [5, 5.41) is 10.1. The molecule has 1 aliphatic rings. The summed E-state index contributed by atoms with van der Waals surface area (Å²) in [4.78, 5) is 4.25. The van der Waals surface area contributed by atoms with E-state index in [2.05, 4.69) is 35.2 Å². The van der Waals surface area contributed by atoms with Gasteiger partial charge in [-0.1, -0.05) is 29.8 Å². The number of aromatic nitrogens is 5. The lowest BCUT2D eigenvalue weighted by molar-refractivity contribution is 0.599. The maximum absolute atomic E-state index is 6.05. The molecular weight excluding hydrogens is 393 g/mol. The summed E-state index contributed by atoms with van der Waals surface area (Å²) >= 11 is 12.0. The molecule has 4 aromatic rings. The van der Waals surface area contributed by atoms with Gasteiger partial charge in [0.15, 0.2) is 0 Å². The van der Waals surface area contributed by atoms with Gasteiger partial charge in [-0.2, -0.15) is 10.2 Å². The van der Waals surface area contributed by atoms with Gasteiger partial charge in [-0.15, -0.1) is 11.6 Å². The van der Waals surface area contributed by atoms with Crippen LogP contribution in [0.25, 0.3) is 28.3 Å². The summed E-state index contributed by atoms with van der Waals surface area (Å²) in [6.45, 7) is 2.89. The van der Waals surface area contributed by atoms with Crippen LogP contribution >= 0.6 is 23.2 Å². The third kappa shape index (κ3) is 2.74. The fourth-order valence-electron chi connectivity index (χ4n) is 3.79. The van der Waals surface area contributed by atoms with Crippen molar-refractivity contribution in [1.82, 2.24) is 24.5 Å². The zero-order chi connectivity index (χ0) is 19.3. The van der Waals surface area contributed by atoms with Crippen molar-refractivity contribution in [3.05, 3.63) is 70.6 Å². The molecular formula is C21H17Cl2N5. The monoisotopic (exact) mass is 409 g/mol. The number of para-hydroxylation sites is 1. The second kappa shape index (κ2) is 6.76. The number of hydrogen-bond donors (Lipinski definition) is 0. The molecule has 1 aliphatic heterocycles. The van der Waals surface area contributed by atoms with Gasteiger partial charge in [0.2, 0.25) is 0 Å². The molecule has 4 heterocycles. The summed E-state index contributed by atoms with van der Waals surface area (Å²) in [6.07, 6.45) is 2.62. The van der Waals surface area contributed by atoms with Gasteiger partial charge in [0, 0.05) is 23.9 Å². The maximum atomic E-state index is 6.05. The Morgan fingerprint density at radius 2 is 1.96 bits per heavy atom. The smallest absolute Gasteiger partial charge is 0.129 e. The molecule has 28 heavy (non-hydrogen) atoms. The summed E-state index contributed by atoms with van der Waals surface area (Å²) in [5.74, 6) is 0.391. The average molecular weight is 410 g/mol. The molecule has 0 amide bonds. The molecule has 0 fully saturated rings. The van der Waals surface area contributed by atoms with Crippen LogP contribution in [-0.4, -0.2) is 24.5 Å². The molecule has 0 spiro atoms. The Labute approximate surface area is 172 Å². The summed E-state index contributed by atoms with van der Waals surface area (Å²) < 4.78 is 4.06. The standard InChI is InChI=1S/C21H17Cl2N5/c1-13-4-2-3-5-17(13)28-21-16(8-9-27-18(21)10-15(11-22)25-27)20(26-28)14-6-7-19(23)24-12-14/h2-7,10,12H,8-9,11H2,1H3. The van der Waals surface area contributed by atoms with Crippen LogP contribution in [0.2, 0.25) is 5.15 Å². The van der Waals surface area contributed by atoms with Crippen molar-refractivity contribution in [3.63, 3.8) is 0 Å². The van der Waals surface area contributed by atoms with Crippen LogP contribution in [0.4, 0.5) is 0 Å². The number of alkyl halides is 1. The minimum Gasteiger partial charge on any atom is -0.263 e. The molecule has 0 N–H and O–H groups in total. The predicted octanol–water partition coefficient (Wildman–Crippen LogP) is 5.05. The highest BCUT2D eigenvalue weighted by atomic mass is 35.5. The number of aryl methyl sites for hydroxylation is 2. The fourth-order valence-corrected chi connectivity index (χ4v) is 4.03. The Kier molecular flexibility index (Phi) is 4.22. The number of rotatable bonds is 3.